The minimum Gasteiger partial charge on any atom is -0.335 e. The summed E-state index contributed by atoms with van der Waals surface area (Å²) in [4.78, 5) is 21.0. The molecule has 1 aromatic heterocycles. The second-order valence-corrected chi connectivity index (χ2v) is 7.63. The van der Waals surface area contributed by atoms with Gasteiger partial charge in [0.25, 0.3) is 0 Å². The Morgan fingerprint density at radius 2 is 1.67 bits per heavy atom. The Labute approximate surface area is 124 Å². The number of imidazole rings is 1. The molecule has 1 aromatic carbocycles. The maximum absolute atomic E-state index is 13.2. The van der Waals surface area contributed by atoms with Crippen molar-refractivity contribution in [3.63, 3.8) is 0 Å². The minimum absolute atomic E-state index is 0.0946. The predicted octanol–water partition coefficient (Wildman–Crippen LogP) is 3.96. The first-order valence-electron chi connectivity index (χ1n) is 8.21. The van der Waals surface area contributed by atoms with Gasteiger partial charge in [-0.25, -0.2) is 4.98 Å². The van der Waals surface area contributed by atoms with Crippen molar-refractivity contribution in [2.24, 2.45) is 23.2 Å². The molecule has 4 saturated carbocycles. The number of nitrogens with one attached hydrogen (secondary N) is 1. The monoisotopic (exact) mass is 280 g/mol. The number of carbonyl (C=O) groups is 1. The lowest BCUT2D eigenvalue weighted by atomic mass is 9.48. The Bertz CT molecular complexity index is 661. The zero-order chi connectivity index (χ0) is 14.0. The highest BCUT2D eigenvalue weighted by Gasteiger charge is 2.55. The van der Waals surface area contributed by atoms with E-state index in [1.54, 1.807) is 0 Å². The van der Waals surface area contributed by atoms with Crippen molar-refractivity contribution in [3.05, 3.63) is 30.1 Å². The van der Waals surface area contributed by atoms with Gasteiger partial charge < -0.3 is 4.98 Å². The quantitative estimate of drug-likeness (QED) is 0.846. The van der Waals surface area contributed by atoms with Crippen LogP contribution in [0.2, 0.25) is 0 Å². The van der Waals surface area contributed by atoms with Crippen LogP contribution in [0, 0.1) is 23.2 Å². The molecule has 21 heavy (non-hydrogen) atoms. The van der Waals surface area contributed by atoms with Crippen molar-refractivity contribution in [2.45, 2.75) is 38.5 Å². The molecular weight excluding hydrogens is 260 g/mol. The third-order valence-corrected chi connectivity index (χ3v) is 6.12. The maximum atomic E-state index is 13.2. The fourth-order valence-electron chi connectivity index (χ4n) is 5.70. The average Bonchev–Trinajstić information content (AvgIpc) is 2.88. The van der Waals surface area contributed by atoms with Crippen LogP contribution in [0.25, 0.3) is 11.0 Å². The van der Waals surface area contributed by atoms with Gasteiger partial charge in [0.05, 0.1) is 11.0 Å². The van der Waals surface area contributed by atoms with E-state index >= 15 is 0 Å². The number of aromatic amines is 1. The van der Waals surface area contributed by atoms with Gasteiger partial charge in [-0.1, -0.05) is 12.1 Å². The normalized spacial score (nSPS) is 37.2. The van der Waals surface area contributed by atoms with E-state index in [0.717, 1.165) is 48.0 Å². The summed E-state index contributed by atoms with van der Waals surface area (Å²) in [5.41, 5.74) is 1.79. The number of fused-ring (bicyclic) bond motifs is 1. The van der Waals surface area contributed by atoms with Gasteiger partial charge in [0.2, 0.25) is 5.78 Å². The van der Waals surface area contributed by atoms with E-state index in [1.807, 2.05) is 24.3 Å². The van der Waals surface area contributed by atoms with Crippen LogP contribution in [-0.4, -0.2) is 15.8 Å². The summed E-state index contributed by atoms with van der Waals surface area (Å²) in [6.07, 6.45) is 7.42. The van der Waals surface area contributed by atoms with E-state index in [2.05, 4.69) is 9.97 Å². The van der Waals surface area contributed by atoms with Crippen LogP contribution in [0.5, 0.6) is 0 Å². The molecular formula is C18H20N2O. The number of hydrogen-bond acceptors (Lipinski definition) is 2. The molecule has 108 valence electrons. The lowest BCUT2D eigenvalue weighted by molar-refractivity contribution is -0.0357. The Balaban J connectivity index is 1.56. The second kappa shape index (κ2) is 3.96. The Hall–Kier alpha value is -1.64. The molecule has 4 fully saturated rings. The third-order valence-electron chi connectivity index (χ3n) is 6.12. The van der Waals surface area contributed by atoms with E-state index in [0.29, 0.717) is 5.82 Å². The molecule has 0 aliphatic heterocycles. The molecule has 4 aliphatic rings. The summed E-state index contributed by atoms with van der Waals surface area (Å²) >= 11 is 0. The summed E-state index contributed by atoms with van der Waals surface area (Å²) in [7, 11) is 0. The molecule has 0 unspecified atom stereocenters. The number of para-hydroxylation sites is 2. The highest BCUT2D eigenvalue weighted by atomic mass is 16.1. The Morgan fingerprint density at radius 1 is 1.05 bits per heavy atom. The summed E-state index contributed by atoms with van der Waals surface area (Å²) < 4.78 is 0. The maximum Gasteiger partial charge on any atom is 0.204 e. The van der Waals surface area contributed by atoms with E-state index in [-0.39, 0.29) is 11.2 Å². The van der Waals surface area contributed by atoms with Crippen molar-refractivity contribution in [2.75, 3.05) is 0 Å². The van der Waals surface area contributed by atoms with Crippen LogP contribution >= 0.6 is 0 Å². The summed E-state index contributed by atoms with van der Waals surface area (Å²) in [6, 6.07) is 7.93. The molecule has 0 radical (unpaired) electrons. The fraction of sp³-hybridized carbons (Fsp3) is 0.556. The topological polar surface area (TPSA) is 45.8 Å². The van der Waals surface area contributed by atoms with Crippen LogP contribution in [0.1, 0.15) is 49.1 Å². The van der Waals surface area contributed by atoms with E-state index in [4.69, 9.17) is 0 Å². The van der Waals surface area contributed by atoms with E-state index in [9.17, 15) is 4.79 Å². The summed E-state index contributed by atoms with van der Waals surface area (Å²) in [5.74, 6) is 3.27. The molecule has 0 saturated heterocycles. The molecule has 0 atom stereocenters. The molecule has 1 heterocycles. The number of ketones is 1. The number of aromatic nitrogens is 2. The molecule has 6 rings (SSSR count). The van der Waals surface area contributed by atoms with Crippen molar-refractivity contribution < 1.29 is 4.79 Å². The SMILES string of the molecule is O=C(c1nc2ccccc2[nH]1)C12CC3CC(CC(C3)C1)C2. The molecule has 3 nitrogen and oxygen atoms in total. The first-order chi connectivity index (χ1) is 10.2. The van der Waals surface area contributed by atoms with E-state index < -0.39 is 0 Å². The van der Waals surface area contributed by atoms with Crippen molar-refractivity contribution in [1.29, 1.82) is 0 Å². The zero-order valence-electron chi connectivity index (χ0n) is 12.1. The molecule has 2 aromatic rings. The first kappa shape index (κ1) is 12.0. The van der Waals surface area contributed by atoms with Gasteiger partial charge in [-0.15, -0.1) is 0 Å². The van der Waals surface area contributed by atoms with E-state index in [1.165, 1.54) is 19.3 Å². The smallest absolute Gasteiger partial charge is 0.204 e. The highest BCUT2D eigenvalue weighted by molar-refractivity contribution is 6.00. The third kappa shape index (κ3) is 1.66. The largest absolute Gasteiger partial charge is 0.335 e. The minimum atomic E-state index is -0.0946. The van der Waals surface area contributed by atoms with Crippen LogP contribution in [0.15, 0.2) is 24.3 Å². The number of nitrogens with zero attached hydrogens (tertiary/aromatic N) is 1. The fourth-order valence-corrected chi connectivity index (χ4v) is 5.70. The number of benzene rings is 1. The van der Waals surface area contributed by atoms with Gasteiger partial charge in [0, 0.05) is 5.41 Å². The predicted molar refractivity (Wildman–Crippen MR) is 81.0 cm³/mol. The van der Waals surface area contributed by atoms with Crippen LogP contribution in [-0.2, 0) is 0 Å². The highest BCUT2D eigenvalue weighted by Crippen LogP contribution is 2.60. The van der Waals surface area contributed by atoms with Gasteiger partial charge in [0.1, 0.15) is 0 Å². The first-order valence-corrected chi connectivity index (χ1v) is 8.21. The van der Waals surface area contributed by atoms with Gasteiger partial charge in [-0.3, -0.25) is 4.79 Å². The molecule has 0 amide bonds. The Morgan fingerprint density at radius 3 is 2.29 bits per heavy atom. The number of carbonyl (C=O) groups excluding carboxylic acids is 1. The number of Topliss-reactive ketones (excluding diaryl/α,β-unsaturated/α-hetero) is 1. The molecule has 1 N–H and O–H groups in total. The number of rotatable bonds is 2. The van der Waals surface area contributed by atoms with Gasteiger partial charge in [-0.2, -0.15) is 0 Å². The summed E-state index contributed by atoms with van der Waals surface area (Å²) in [5, 5.41) is 0. The summed E-state index contributed by atoms with van der Waals surface area (Å²) in [6.45, 7) is 0. The van der Waals surface area contributed by atoms with Gasteiger partial charge in [-0.05, 0) is 68.4 Å². The van der Waals surface area contributed by atoms with Crippen molar-refractivity contribution >= 4 is 16.8 Å². The lowest BCUT2D eigenvalue weighted by Crippen LogP contribution is -2.50. The van der Waals surface area contributed by atoms with Crippen LogP contribution < -0.4 is 0 Å². The van der Waals surface area contributed by atoms with Crippen molar-refractivity contribution in [3.8, 4) is 0 Å². The van der Waals surface area contributed by atoms with Crippen LogP contribution in [0.4, 0.5) is 0 Å². The van der Waals surface area contributed by atoms with Crippen molar-refractivity contribution in [1.82, 2.24) is 9.97 Å². The molecule has 0 spiro atoms. The van der Waals surface area contributed by atoms with Crippen LogP contribution in [0.3, 0.4) is 0 Å². The second-order valence-electron chi connectivity index (χ2n) is 7.63. The number of H-pyrrole nitrogens is 1. The van der Waals surface area contributed by atoms with Gasteiger partial charge >= 0.3 is 0 Å². The standard InChI is InChI=1S/C18H20N2O/c21-16(17-19-14-3-1-2-4-15(14)20-17)18-8-11-5-12(9-18)7-13(6-11)10-18/h1-4,11-13H,5-10H2,(H,19,20). The Kier molecular flexibility index (Phi) is 2.26. The molecule has 4 aliphatic carbocycles. The zero-order valence-corrected chi connectivity index (χ0v) is 12.1. The molecule has 3 heteroatoms. The average molecular weight is 280 g/mol. The lowest BCUT2D eigenvalue weighted by Gasteiger charge is -2.55. The number of hydrogen-bond donors (Lipinski definition) is 1. The molecule has 4 bridgehead atoms. The van der Waals surface area contributed by atoms with Gasteiger partial charge in [0.15, 0.2) is 5.82 Å².